The van der Waals surface area contributed by atoms with E-state index in [4.69, 9.17) is 42.6 Å². The first kappa shape index (κ1) is 62.3. The van der Waals surface area contributed by atoms with Crippen molar-refractivity contribution < 1.29 is 28.5 Å². The Morgan fingerprint density at radius 1 is 0.733 bits per heavy atom. The number of nitrogens with two attached hydrogens (primary N) is 2. The van der Waals surface area contributed by atoms with Crippen LogP contribution in [-0.2, 0) is 0 Å². The molecule has 0 aliphatic carbocycles. The molecule has 4 aliphatic heterocycles. The summed E-state index contributed by atoms with van der Waals surface area (Å²) in [6.45, 7) is 20.2. The van der Waals surface area contributed by atoms with Gasteiger partial charge in [-0.25, -0.2) is 4.98 Å². The van der Waals surface area contributed by atoms with Crippen molar-refractivity contribution in [2.75, 3.05) is 103 Å². The number of nitrogen functional groups attached to an aromatic ring is 1. The van der Waals surface area contributed by atoms with Gasteiger partial charge in [0.05, 0.1) is 5.33 Å². The van der Waals surface area contributed by atoms with Crippen molar-refractivity contribution in [3.63, 3.8) is 0 Å². The van der Waals surface area contributed by atoms with E-state index in [0.717, 1.165) is 69.5 Å². The van der Waals surface area contributed by atoms with E-state index in [1.54, 1.807) is 36.4 Å². The lowest BCUT2D eigenvalue weighted by molar-refractivity contribution is 0.102. The lowest BCUT2D eigenvalue weighted by Crippen LogP contribution is -2.49. The zero-order chi connectivity index (χ0) is 51.1. The van der Waals surface area contributed by atoms with E-state index < -0.39 is 0 Å². The van der Waals surface area contributed by atoms with Gasteiger partial charge in [0.2, 0.25) is 19.4 Å². The largest absolute Gasteiger partial charge is 0.454 e. The highest BCUT2D eigenvalue weighted by Gasteiger charge is 2.24. The third-order valence-corrected chi connectivity index (χ3v) is 15.2. The van der Waals surface area contributed by atoms with Crippen LogP contribution < -0.4 is 50.8 Å². The minimum Gasteiger partial charge on any atom is -0.454 e. The van der Waals surface area contributed by atoms with Gasteiger partial charge in [-0.2, -0.15) is 14.9 Å². The summed E-state index contributed by atoms with van der Waals surface area (Å²) in [6.07, 6.45) is 2.40. The molecule has 0 radical (unpaired) electrons. The minimum atomic E-state index is -0.187. The van der Waals surface area contributed by atoms with Crippen LogP contribution in [0, 0.1) is 0 Å². The molecule has 0 bridgehead atoms. The number of piperazine rings is 2. The van der Waals surface area contributed by atoms with Gasteiger partial charge in [0.25, 0.3) is 0 Å². The smallest absolute Gasteiger partial charge is 0.231 e. The Bertz CT molecular complexity index is 2650. The molecule has 4 aliphatic rings. The van der Waals surface area contributed by atoms with Gasteiger partial charge in [-0.1, -0.05) is 74.7 Å². The lowest BCUT2D eigenvalue weighted by Gasteiger charge is -2.39. The minimum absolute atomic E-state index is 0. The van der Waals surface area contributed by atoms with Crippen LogP contribution >= 0.6 is 61.1 Å². The number of nitrogens with zero attached hydrogens (tertiary/aromatic N) is 6. The highest BCUT2D eigenvalue weighted by molar-refractivity contribution is 9.09. The molecule has 0 spiro atoms. The normalized spacial score (nSPS) is 15.5. The Hall–Kier alpha value is -5.21. The maximum atomic E-state index is 13.0. The van der Waals surface area contributed by atoms with Crippen LogP contribution in [0.3, 0.4) is 0 Å². The molecule has 75 heavy (non-hydrogen) atoms. The number of alkyl halides is 1. The average molecular weight is 1170 g/mol. The number of carbonyl (C=O) groups is 2. The van der Waals surface area contributed by atoms with Crippen LogP contribution in [0.5, 0.6) is 23.0 Å². The second-order valence-corrected chi connectivity index (χ2v) is 20.6. The molecule has 408 valence electrons. The van der Waals surface area contributed by atoms with Crippen LogP contribution in [0.15, 0.2) is 89.9 Å². The van der Waals surface area contributed by atoms with Crippen LogP contribution in [0.1, 0.15) is 87.9 Å². The number of anilines is 6. The number of thioether (sulfide) groups is 1. The van der Waals surface area contributed by atoms with E-state index in [1.165, 1.54) is 47.3 Å². The summed E-state index contributed by atoms with van der Waals surface area (Å²) >= 11 is 11.1. The van der Waals surface area contributed by atoms with Crippen LogP contribution in [0.25, 0.3) is 0 Å². The SMILES string of the molecule is C.C.CCC(C)N1CCN(c2ccc(Nc3nc(N)c(C(=O)c4ccc5c(c4)OCO5)s3)cc2)CC1.CCSC(N)=NC(=S)Nc1ccc(N2CCN(C(C)CC)CC2)cc1.O=C(CBr)c1ccc2c(c1)OCO2.P. The Kier molecular flexibility index (Phi) is 25.4. The van der Waals surface area contributed by atoms with Crippen molar-refractivity contribution in [2.45, 2.75) is 74.4 Å². The highest BCUT2D eigenvalue weighted by Crippen LogP contribution is 2.36. The second-order valence-electron chi connectivity index (χ2n) is 17.3. The molecule has 21 heteroatoms. The first-order valence-corrected chi connectivity index (χ1v) is 27.6. The van der Waals surface area contributed by atoms with Gasteiger partial charge in [-0.3, -0.25) is 19.4 Å². The summed E-state index contributed by atoms with van der Waals surface area (Å²) in [7, 11) is 0. The maximum absolute atomic E-state index is 13.0. The third kappa shape index (κ3) is 17.1. The molecule has 5 heterocycles. The lowest BCUT2D eigenvalue weighted by atomic mass is 10.1. The summed E-state index contributed by atoms with van der Waals surface area (Å²) < 4.78 is 21.0. The van der Waals surface area contributed by atoms with Gasteiger partial charge in [-0.05, 0) is 130 Å². The molecule has 5 aromatic rings. The fourth-order valence-electron chi connectivity index (χ4n) is 8.29. The van der Waals surface area contributed by atoms with Crippen molar-refractivity contribution in [3.05, 3.63) is 101 Å². The summed E-state index contributed by atoms with van der Waals surface area (Å²) in [5.74, 6) is 3.50. The van der Waals surface area contributed by atoms with Gasteiger partial charge >= 0.3 is 0 Å². The fourth-order valence-corrected chi connectivity index (χ4v) is 10.2. The molecule has 1 aromatic heterocycles. The number of nitrogens with one attached hydrogen (secondary N) is 2. The van der Waals surface area contributed by atoms with Crippen molar-refractivity contribution in [3.8, 4) is 23.0 Å². The van der Waals surface area contributed by atoms with Gasteiger partial charge < -0.3 is 50.8 Å². The van der Waals surface area contributed by atoms with Gasteiger partial charge in [0, 0.05) is 98.3 Å². The molecule has 4 aromatic carbocycles. The number of benzene rings is 4. The van der Waals surface area contributed by atoms with E-state index in [9.17, 15) is 9.59 Å². The average Bonchev–Trinajstić information content (AvgIpc) is 4.18. The molecule has 3 atom stereocenters. The summed E-state index contributed by atoms with van der Waals surface area (Å²) in [5.41, 5.74) is 17.3. The number of halogens is 1. The zero-order valence-electron chi connectivity index (χ0n) is 42.2. The van der Waals surface area contributed by atoms with E-state index in [1.807, 2.05) is 31.2 Å². The predicted molar refractivity (Wildman–Crippen MR) is 327 cm³/mol. The monoisotopic (exact) mass is 1170 g/mol. The quantitative estimate of drug-likeness (QED) is 0.0205. The number of hydrogen-bond donors (Lipinski definition) is 4. The third-order valence-electron chi connectivity index (χ3n) is 12.8. The number of aromatic nitrogens is 1. The van der Waals surface area contributed by atoms with Crippen LogP contribution in [0.2, 0.25) is 0 Å². The first-order valence-electron chi connectivity index (χ1n) is 24.3. The maximum Gasteiger partial charge on any atom is 0.231 e. The first-order chi connectivity index (χ1) is 34.8. The summed E-state index contributed by atoms with van der Waals surface area (Å²) in [6, 6.07) is 28.3. The van der Waals surface area contributed by atoms with E-state index in [2.05, 4.69) is 108 Å². The van der Waals surface area contributed by atoms with Crippen molar-refractivity contribution in [2.24, 2.45) is 10.7 Å². The number of hydrogen-bond acceptors (Lipinski definition) is 16. The number of aliphatic imine (C=N–C) groups is 1. The van der Waals surface area contributed by atoms with E-state index in [-0.39, 0.29) is 55.7 Å². The number of Topliss-reactive ketones (excluding diaryl/α,β-unsaturated/α-hetero) is 1. The molecule has 9 rings (SSSR count). The van der Waals surface area contributed by atoms with E-state index >= 15 is 0 Å². The number of rotatable bonds is 14. The van der Waals surface area contributed by atoms with Crippen molar-refractivity contribution in [1.82, 2.24) is 14.8 Å². The number of ether oxygens (including phenoxy) is 4. The predicted octanol–water partition coefficient (Wildman–Crippen LogP) is 11.0. The fraction of sp³-hybridized carbons (Fsp3) is 0.426. The zero-order valence-corrected chi connectivity index (χ0v) is 47.7. The second kappa shape index (κ2) is 30.5. The highest BCUT2D eigenvalue weighted by atomic mass is 79.9. The summed E-state index contributed by atoms with van der Waals surface area (Å²) in [5, 5.41) is 8.19. The standard InChI is InChI=1S/C25H29N5O3S.C18H29N5S2.C9H7BrO3.2CH4.H3P/c1-3-16(2)29-10-12-30(13-11-29)19-7-5-18(6-8-19)27-25-28-24(26)23(34-25)22(31)17-4-9-20-21(14-17)33-15-32-20;1-4-14(3)22-10-12-23(13-11-22)16-8-6-15(7-9-16)20-18(24)21-17(19)25-5-2;10-4-7(11)6-1-2-8-9(3-6)13-5-12-8;;;/h4-9,14,16H,3,10-13,15,26H2,1-2H3,(H,27,28);6-9,14H,4-5,10-13H2,1-3H3,(H3,19,20,21,24);1-3H,4-5H2;2*1H4;1H3. The van der Waals surface area contributed by atoms with Gasteiger partial charge in [-0.15, -0.1) is 0 Å². The number of ketones is 2. The van der Waals surface area contributed by atoms with Crippen molar-refractivity contribution >= 4 is 117 Å². The number of fused-ring (bicyclic) bond motifs is 2. The molecule has 0 amide bonds. The molecule has 2 fully saturated rings. The summed E-state index contributed by atoms with van der Waals surface area (Å²) in [4.78, 5) is 43.2. The van der Waals surface area contributed by atoms with Crippen LogP contribution in [0.4, 0.5) is 33.7 Å². The molecule has 3 unspecified atom stereocenters. The molecule has 2 saturated heterocycles. The Morgan fingerprint density at radius 3 is 1.68 bits per heavy atom. The molecule has 0 saturated carbocycles. The van der Waals surface area contributed by atoms with Crippen LogP contribution in [-0.4, -0.2) is 126 Å². The Balaban J connectivity index is 0.000000261. The topological polar surface area (TPSA) is 185 Å². The molecule has 16 nitrogen and oxygen atoms in total. The van der Waals surface area contributed by atoms with Gasteiger partial charge in [0.15, 0.2) is 44.2 Å². The molecular weight excluding hydrogens is 1090 g/mol. The van der Waals surface area contributed by atoms with E-state index in [0.29, 0.717) is 71.8 Å². The number of thiocarbonyl (C=S) groups is 1. The Morgan fingerprint density at radius 2 is 1.20 bits per heavy atom. The number of carbonyl (C=O) groups excluding carboxylic acids is 2. The Labute approximate surface area is 469 Å². The number of amidine groups is 1. The molecule has 6 N–H and O–H groups in total. The van der Waals surface area contributed by atoms with Gasteiger partial charge in [0.1, 0.15) is 10.7 Å². The molecular formula is C54H76BrN10O6PS3. The van der Waals surface area contributed by atoms with Crippen molar-refractivity contribution in [1.29, 1.82) is 0 Å². The number of thiazole rings is 1.